The van der Waals surface area contributed by atoms with Crippen LogP contribution in [-0.4, -0.2) is 91.9 Å². The van der Waals surface area contributed by atoms with Gasteiger partial charge >= 0.3 is 0 Å². The SMILES string of the molecule is CCN1CCN(c2ccnc(NCCN3CCOCC3)n2)CC1. The molecule has 2 aliphatic heterocycles. The maximum Gasteiger partial charge on any atom is 0.224 e. The van der Waals surface area contributed by atoms with Gasteiger partial charge in [0, 0.05) is 58.6 Å². The molecule has 0 aliphatic carbocycles. The van der Waals surface area contributed by atoms with Crippen molar-refractivity contribution in [3.05, 3.63) is 12.3 Å². The molecule has 128 valence electrons. The fourth-order valence-electron chi connectivity index (χ4n) is 3.05. The van der Waals surface area contributed by atoms with E-state index in [1.165, 1.54) is 0 Å². The molecule has 0 bridgehead atoms. The zero-order valence-electron chi connectivity index (χ0n) is 14.1. The van der Waals surface area contributed by atoms with Crippen molar-refractivity contribution in [2.24, 2.45) is 0 Å². The zero-order valence-corrected chi connectivity index (χ0v) is 14.1. The smallest absolute Gasteiger partial charge is 0.224 e. The summed E-state index contributed by atoms with van der Waals surface area (Å²) in [7, 11) is 0. The number of hydrogen-bond donors (Lipinski definition) is 1. The quantitative estimate of drug-likeness (QED) is 0.812. The second-order valence-corrected chi connectivity index (χ2v) is 6.04. The number of aromatic nitrogens is 2. The lowest BCUT2D eigenvalue weighted by atomic mass is 10.3. The van der Waals surface area contributed by atoms with E-state index in [1.54, 1.807) is 0 Å². The number of rotatable bonds is 6. The van der Waals surface area contributed by atoms with Crippen LogP contribution in [0.15, 0.2) is 12.3 Å². The van der Waals surface area contributed by atoms with Crippen molar-refractivity contribution in [1.82, 2.24) is 19.8 Å². The minimum atomic E-state index is 0.730. The number of hydrogen-bond acceptors (Lipinski definition) is 7. The fraction of sp³-hybridized carbons (Fsp3) is 0.750. The average molecular weight is 320 g/mol. The highest BCUT2D eigenvalue weighted by molar-refractivity contribution is 5.42. The van der Waals surface area contributed by atoms with E-state index >= 15 is 0 Å². The highest BCUT2D eigenvalue weighted by atomic mass is 16.5. The summed E-state index contributed by atoms with van der Waals surface area (Å²) in [6.07, 6.45) is 1.85. The van der Waals surface area contributed by atoms with Crippen molar-refractivity contribution in [2.45, 2.75) is 6.92 Å². The largest absolute Gasteiger partial charge is 0.379 e. The fourth-order valence-corrected chi connectivity index (χ4v) is 3.05. The average Bonchev–Trinajstić information content (AvgIpc) is 2.63. The summed E-state index contributed by atoms with van der Waals surface area (Å²) < 4.78 is 5.37. The molecule has 0 atom stereocenters. The molecule has 2 fully saturated rings. The Labute approximate surface area is 138 Å². The van der Waals surface area contributed by atoms with Gasteiger partial charge in [0.1, 0.15) is 5.82 Å². The molecule has 23 heavy (non-hydrogen) atoms. The van der Waals surface area contributed by atoms with E-state index in [9.17, 15) is 0 Å². The van der Waals surface area contributed by atoms with Crippen LogP contribution < -0.4 is 10.2 Å². The predicted octanol–water partition coefficient (Wildman–Crippen LogP) is 0.363. The van der Waals surface area contributed by atoms with Crippen molar-refractivity contribution in [3.8, 4) is 0 Å². The third kappa shape index (κ3) is 4.76. The van der Waals surface area contributed by atoms with Crippen LogP contribution in [0, 0.1) is 0 Å². The van der Waals surface area contributed by atoms with Crippen molar-refractivity contribution in [2.75, 3.05) is 82.3 Å². The van der Waals surface area contributed by atoms with Crippen LogP contribution in [0.2, 0.25) is 0 Å². The summed E-state index contributed by atoms with van der Waals surface area (Å²) >= 11 is 0. The highest BCUT2D eigenvalue weighted by Gasteiger charge is 2.17. The maximum absolute atomic E-state index is 5.37. The minimum Gasteiger partial charge on any atom is -0.379 e. The molecule has 2 saturated heterocycles. The molecule has 1 N–H and O–H groups in total. The molecule has 0 spiro atoms. The molecule has 3 heterocycles. The van der Waals surface area contributed by atoms with Gasteiger partial charge in [-0.1, -0.05) is 6.92 Å². The van der Waals surface area contributed by atoms with E-state index in [0.717, 1.165) is 83.9 Å². The van der Waals surface area contributed by atoms with Gasteiger partial charge in [-0.3, -0.25) is 4.90 Å². The van der Waals surface area contributed by atoms with Crippen LogP contribution in [0.3, 0.4) is 0 Å². The molecule has 0 unspecified atom stereocenters. The summed E-state index contributed by atoms with van der Waals surface area (Å²) in [5.41, 5.74) is 0. The van der Waals surface area contributed by atoms with Gasteiger partial charge in [0.15, 0.2) is 0 Å². The number of likely N-dealkylation sites (N-methyl/N-ethyl adjacent to an activating group) is 1. The molecule has 0 saturated carbocycles. The Morgan fingerprint density at radius 1 is 1.09 bits per heavy atom. The number of anilines is 2. The molecule has 2 aliphatic rings. The molecular formula is C16H28N6O. The van der Waals surface area contributed by atoms with E-state index in [0.29, 0.717) is 0 Å². The predicted molar refractivity (Wildman–Crippen MR) is 92.1 cm³/mol. The summed E-state index contributed by atoms with van der Waals surface area (Å²) in [5, 5.41) is 3.35. The lowest BCUT2D eigenvalue weighted by Gasteiger charge is -2.34. The van der Waals surface area contributed by atoms with E-state index < -0.39 is 0 Å². The Morgan fingerprint density at radius 3 is 2.61 bits per heavy atom. The highest BCUT2D eigenvalue weighted by Crippen LogP contribution is 2.14. The van der Waals surface area contributed by atoms with E-state index in [4.69, 9.17) is 4.74 Å². The van der Waals surface area contributed by atoms with Gasteiger partial charge in [-0.2, -0.15) is 4.98 Å². The summed E-state index contributed by atoms with van der Waals surface area (Å²) in [4.78, 5) is 16.2. The molecular weight excluding hydrogens is 292 g/mol. The Hall–Kier alpha value is -1.44. The summed E-state index contributed by atoms with van der Waals surface area (Å²) in [6.45, 7) is 13.2. The summed E-state index contributed by atoms with van der Waals surface area (Å²) in [6, 6.07) is 2.01. The molecule has 1 aromatic heterocycles. The lowest BCUT2D eigenvalue weighted by Crippen LogP contribution is -2.46. The Kier molecular flexibility index (Phi) is 6.01. The molecule has 0 radical (unpaired) electrons. The third-order valence-corrected chi connectivity index (χ3v) is 4.60. The van der Waals surface area contributed by atoms with Gasteiger partial charge in [0.05, 0.1) is 13.2 Å². The molecule has 7 nitrogen and oxygen atoms in total. The number of morpholine rings is 1. The van der Waals surface area contributed by atoms with E-state index in [-0.39, 0.29) is 0 Å². The van der Waals surface area contributed by atoms with Crippen molar-refractivity contribution in [1.29, 1.82) is 0 Å². The lowest BCUT2D eigenvalue weighted by molar-refractivity contribution is 0.0398. The first-order valence-corrected chi connectivity index (χ1v) is 8.69. The van der Waals surface area contributed by atoms with Gasteiger partial charge in [-0.25, -0.2) is 4.98 Å². The first-order chi connectivity index (χ1) is 11.3. The van der Waals surface area contributed by atoms with Crippen molar-refractivity contribution in [3.63, 3.8) is 0 Å². The van der Waals surface area contributed by atoms with Crippen LogP contribution >= 0.6 is 0 Å². The number of ether oxygens (including phenoxy) is 1. The van der Waals surface area contributed by atoms with Crippen molar-refractivity contribution < 1.29 is 4.74 Å². The van der Waals surface area contributed by atoms with Crippen LogP contribution in [0.25, 0.3) is 0 Å². The van der Waals surface area contributed by atoms with Crippen LogP contribution in [0.4, 0.5) is 11.8 Å². The van der Waals surface area contributed by atoms with Crippen molar-refractivity contribution >= 4 is 11.8 Å². The van der Waals surface area contributed by atoms with Gasteiger partial charge in [0.25, 0.3) is 0 Å². The van der Waals surface area contributed by atoms with Gasteiger partial charge in [-0.15, -0.1) is 0 Å². The van der Waals surface area contributed by atoms with Crippen LogP contribution in [0.1, 0.15) is 6.92 Å². The van der Waals surface area contributed by atoms with Crippen LogP contribution in [-0.2, 0) is 4.74 Å². The minimum absolute atomic E-state index is 0.730. The molecule has 0 amide bonds. The molecule has 1 aromatic rings. The second-order valence-electron chi connectivity index (χ2n) is 6.04. The van der Waals surface area contributed by atoms with Crippen LogP contribution in [0.5, 0.6) is 0 Å². The Bertz CT molecular complexity index is 471. The second kappa shape index (κ2) is 8.42. The third-order valence-electron chi connectivity index (χ3n) is 4.60. The number of piperazine rings is 1. The Morgan fingerprint density at radius 2 is 1.87 bits per heavy atom. The first-order valence-electron chi connectivity index (χ1n) is 8.69. The standard InChI is InChI=1S/C16H28N6O/c1-2-20-7-9-22(10-8-20)15-3-4-17-16(19-15)18-5-6-21-11-13-23-14-12-21/h3-4H,2,5-14H2,1H3,(H,17,18,19). The summed E-state index contributed by atoms with van der Waals surface area (Å²) in [5.74, 6) is 1.76. The van der Waals surface area contributed by atoms with Gasteiger partial charge in [-0.05, 0) is 12.6 Å². The maximum atomic E-state index is 5.37. The molecule has 0 aromatic carbocycles. The zero-order chi connectivity index (χ0) is 15.9. The normalized spacial score (nSPS) is 20.7. The monoisotopic (exact) mass is 320 g/mol. The van der Waals surface area contributed by atoms with Gasteiger partial charge < -0.3 is 19.9 Å². The molecule has 3 rings (SSSR count). The van der Waals surface area contributed by atoms with Gasteiger partial charge in [0.2, 0.25) is 5.95 Å². The first kappa shape index (κ1) is 16.4. The van der Waals surface area contributed by atoms with E-state index in [1.807, 2.05) is 12.3 Å². The molecule has 7 heteroatoms. The Balaban J connectivity index is 1.47. The number of nitrogens with one attached hydrogen (secondary N) is 1. The number of nitrogens with zero attached hydrogens (tertiary/aromatic N) is 5. The topological polar surface area (TPSA) is 56.8 Å². The van der Waals surface area contributed by atoms with E-state index in [2.05, 4.69) is 36.9 Å².